The van der Waals surface area contributed by atoms with Gasteiger partial charge in [-0.2, -0.15) is 0 Å². The largest absolute Gasteiger partial charge is 0.496 e. The Bertz CT molecular complexity index is 614. The van der Waals surface area contributed by atoms with Crippen molar-refractivity contribution in [1.29, 1.82) is 0 Å². The lowest BCUT2D eigenvalue weighted by Crippen LogP contribution is -2.02. The van der Waals surface area contributed by atoms with Gasteiger partial charge in [0.2, 0.25) is 0 Å². The highest BCUT2D eigenvalue weighted by molar-refractivity contribution is 6.31. The zero-order valence-corrected chi connectivity index (χ0v) is 13.1. The smallest absolute Gasteiger partial charge is 0.125 e. The number of rotatable bonds is 6. The van der Waals surface area contributed by atoms with Crippen molar-refractivity contribution < 1.29 is 9.47 Å². The van der Waals surface area contributed by atoms with Gasteiger partial charge in [-0.25, -0.2) is 0 Å². The number of aryl methyl sites for hydroxylation is 1. The Morgan fingerprint density at radius 3 is 2.57 bits per heavy atom. The maximum absolute atomic E-state index is 6.11. The predicted molar refractivity (Wildman–Crippen MR) is 86.0 cm³/mol. The number of benzene rings is 2. The second-order valence-electron chi connectivity index (χ2n) is 4.75. The summed E-state index contributed by atoms with van der Waals surface area (Å²) in [5.74, 6) is 1.60. The maximum Gasteiger partial charge on any atom is 0.125 e. The van der Waals surface area contributed by atoms with Crippen LogP contribution in [0.15, 0.2) is 36.4 Å². The summed E-state index contributed by atoms with van der Waals surface area (Å²) in [6.45, 7) is 3.00. The monoisotopic (exact) mass is 305 g/mol. The molecule has 0 aliphatic heterocycles. The molecule has 0 saturated heterocycles. The van der Waals surface area contributed by atoms with E-state index in [0.717, 1.165) is 39.6 Å². The summed E-state index contributed by atoms with van der Waals surface area (Å²) < 4.78 is 11.2. The van der Waals surface area contributed by atoms with Gasteiger partial charge in [0.25, 0.3) is 0 Å². The molecule has 0 aliphatic carbocycles. The lowest BCUT2D eigenvalue weighted by molar-refractivity contribution is 0.296. The molecule has 0 heterocycles. The summed E-state index contributed by atoms with van der Waals surface area (Å²) in [4.78, 5) is 0. The van der Waals surface area contributed by atoms with Crippen molar-refractivity contribution in [3.8, 4) is 11.5 Å². The first kappa shape index (κ1) is 15.7. The number of hydrogen-bond donors (Lipinski definition) is 1. The molecular weight excluding hydrogens is 286 g/mol. The van der Waals surface area contributed by atoms with E-state index in [9.17, 15) is 0 Å². The minimum absolute atomic E-state index is 0.432. The van der Waals surface area contributed by atoms with Crippen molar-refractivity contribution in [3.05, 3.63) is 58.1 Å². The highest BCUT2D eigenvalue weighted by atomic mass is 35.5. The SMILES string of the molecule is CCc1cc(OCc2cc(CN)ccc2OC)ccc1Cl. The molecule has 0 atom stereocenters. The van der Waals surface area contributed by atoms with E-state index < -0.39 is 0 Å². The number of halogens is 1. The molecule has 0 unspecified atom stereocenters. The second-order valence-corrected chi connectivity index (χ2v) is 5.15. The third kappa shape index (κ3) is 3.90. The van der Waals surface area contributed by atoms with Crippen LogP contribution >= 0.6 is 11.6 Å². The van der Waals surface area contributed by atoms with Gasteiger partial charge in [-0.15, -0.1) is 0 Å². The molecule has 0 amide bonds. The molecule has 21 heavy (non-hydrogen) atoms. The van der Waals surface area contributed by atoms with Gasteiger partial charge < -0.3 is 15.2 Å². The van der Waals surface area contributed by atoms with Gasteiger partial charge in [-0.1, -0.05) is 24.6 Å². The predicted octanol–water partition coefficient (Wildman–Crippen LogP) is 3.95. The van der Waals surface area contributed by atoms with Crippen LogP contribution in [0.5, 0.6) is 11.5 Å². The average Bonchev–Trinajstić information content (AvgIpc) is 2.53. The van der Waals surface area contributed by atoms with Crippen LogP contribution in [0.25, 0.3) is 0 Å². The van der Waals surface area contributed by atoms with E-state index in [4.69, 9.17) is 26.8 Å². The highest BCUT2D eigenvalue weighted by Gasteiger charge is 2.06. The van der Waals surface area contributed by atoms with Crippen LogP contribution in [0.4, 0.5) is 0 Å². The van der Waals surface area contributed by atoms with Gasteiger partial charge in [0.1, 0.15) is 18.1 Å². The van der Waals surface area contributed by atoms with Crippen LogP contribution in [0.3, 0.4) is 0 Å². The van der Waals surface area contributed by atoms with Gasteiger partial charge in [0, 0.05) is 17.1 Å². The quantitative estimate of drug-likeness (QED) is 0.879. The van der Waals surface area contributed by atoms with Gasteiger partial charge in [0.15, 0.2) is 0 Å². The molecule has 2 aromatic carbocycles. The summed E-state index contributed by atoms with van der Waals surface area (Å²) in [5, 5.41) is 0.771. The topological polar surface area (TPSA) is 44.5 Å². The molecule has 0 radical (unpaired) electrons. The summed E-state index contributed by atoms with van der Waals surface area (Å²) in [6.07, 6.45) is 0.877. The molecule has 2 rings (SSSR count). The number of methoxy groups -OCH3 is 1. The Hall–Kier alpha value is -1.71. The Kier molecular flexibility index (Phi) is 5.48. The van der Waals surface area contributed by atoms with Crippen molar-refractivity contribution in [2.24, 2.45) is 5.73 Å². The van der Waals surface area contributed by atoms with E-state index in [1.807, 2.05) is 36.4 Å². The Morgan fingerprint density at radius 2 is 1.90 bits per heavy atom. The zero-order valence-electron chi connectivity index (χ0n) is 12.4. The normalized spacial score (nSPS) is 10.5. The first-order chi connectivity index (χ1) is 10.2. The number of nitrogens with two attached hydrogens (primary N) is 1. The number of ether oxygens (including phenoxy) is 2. The lowest BCUT2D eigenvalue weighted by Gasteiger charge is -2.12. The lowest BCUT2D eigenvalue weighted by atomic mass is 10.1. The molecule has 0 spiro atoms. The summed E-state index contributed by atoms with van der Waals surface area (Å²) in [7, 11) is 1.65. The Balaban J connectivity index is 2.15. The fourth-order valence-corrected chi connectivity index (χ4v) is 2.40. The van der Waals surface area contributed by atoms with E-state index in [-0.39, 0.29) is 0 Å². The van der Waals surface area contributed by atoms with Crippen molar-refractivity contribution in [1.82, 2.24) is 0 Å². The molecule has 0 fully saturated rings. The molecular formula is C17H20ClNO2. The molecule has 3 nitrogen and oxygen atoms in total. The fourth-order valence-electron chi connectivity index (χ4n) is 2.14. The zero-order chi connectivity index (χ0) is 15.2. The Labute approximate surface area is 130 Å². The third-order valence-electron chi connectivity index (χ3n) is 3.37. The van der Waals surface area contributed by atoms with Crippen LogP contribution in [0.1, 0.15) is 23.6 Å². The minimum Gasteiger partial charge on any atom is -0.496 e. The minimum atomic E-state index is 0.432. The van der Waals surface area contributed by atoms with Crippen LogP contribution in [-0.4, -0.2) is 7.11 Å². The summed E-state index contributed by atoms with van der Waals surface area (Å²) in [6, 6.07) is 11.6. The van der Waals surface area contributed by atoms with Crippen LogP contribution in [-0.2, 0) is 19.6 Å². The standard InChI is InChI=1S/C17H20ClNO2/c1-3-13-9-15(5-6-16(13)18)21-11-14-8-12(10-19)4-7-17(14)20-2/h4-9H,3,10-11,19H2,1-2H3. The van der Waals surface area contributed by atoms with Crippen molar-refractivity contribution in [2.75, 3.05) is 7.11 Å². The molecule has 112 valence electrons. The van der Waals surface area contributed by atoms with Gasteiger partial charge >= 0.3 is 0 Å². The summed E-state index contributed by atoms with van der Waals surface area (Å²) >= 11 is 6.11. The second kappa shape index (κ2) is 7.34. The van der Waals surface area contributed by atoms with Crippen molar-refractivity contribution in [2.45, 2.75) is 26.5 Å². The first-order valence-electron chi connectivity index (χ1n) is 6.95. The average molecular weight is 306 g/mol. The summed E-state index contributed by atoms with van der Waals surface area (Å²) in [5.41, 5.74) is 8.79. The van der Waals surface area contributed by atoms with Gasteiger partial charge in [0.05, 0.1) is 7.11 Å². The van der Waals surface area contributed by atoms with Gasteiger partial charge in [-0.05, 0) is 47.9 Å². The van der Waals surface area contributed by atoms with E-state index in [2.05, 4.69) is 6.92 Å². The molecule has 0 aliphatic rings. The molecule has 2 aromatic rings. The first-order valence-corrected chi connectivity index (χ1v) is 7.32. The Morgan fingerprint density at radius 1 is 1.10 bits per heavy atom. The van der Waals surface area contributed by atoms with E-state index in [0.29, 0.717) is 13.2 Å². The van der Waals surface area contributed by atoms with Gasteiger partial charge in [-0.3, -0.25) is 0 Å². The molecule has 4 heteroatoms. The van der Waals surface area contributed by atoms with Crippen LogP contribution in [0.2, 0.25) is 5.02 Å². The van der Waals surface area contributed by atoms with E-state index in [1.165, 1.54) is 0 Å². The van der Waals surface area contributed by atoms with Crippen molar-refractivity contribution in [3.63, 3.8) is 0 Å². The van der Waals surface area contributed by atoms with Crippen LogP contribution < -0.4 is 15.2 Å². The third-order valence-corrected chi connectivity index (χ3v) is 3.74. The molecule has 0 bridgehead atoms. The fraction of sp³-hybridized carbons (Fsp3) is 0.294. The maximum atomic E-state index is 6.11. The number of hydrogen-bond acceptors (Lipinski definition) is 3. The molecule has 0 aromatic heterocycles. The van der Waals surface area contributed by atoms with E-state index in [1.54, 1.807) is 7.11 Å². The van der Waals surface area contributed by atoms with Crippen molar-refractivity contribution >= 4 is 11.6 Å². The van der Waals surface area contributed by atoms with Crippen LogP contribution in [0, 0.1) is 0 Å². The highest BCUT2D eigenvalue weighted by Crippen LogP contribution is 2.25. The molecule has 0 saturated carbocycles. The van der Waals surface area contributed by atoms with E-state index >= 15 is 0 Å². The molecule has 2 N–H and O–H groups in total.